The fraction of sp³-hybridized carbons (Fsp3) is 0.636. The van der Waals surface area contributed by atoms with Gasteiger partial charge in [-0.05, 0) is 12.8 Å². The standard InChI is InChI=1S/C10H17O5.CH2O2.Mt/c1-8(11)5-7-15-10(13)4-3-6-14-9(2)12;2-1-3;/h8,11H,1,3-7H2,2H3;1H,(H,2,3);/q-1;;. The van der Waals surface area contributed by atoms with Gasteiger partial charge in [-0.2, -0.15) is 0 Å². The Balaban J connectivity index is -0.000000580. The Morgan fingerprint density at radius 2 is 1.84 bits per heavy atom. The fourth-order valence-electron chi connectivity index (χ4n) is 0.813. The Bertz CT molecular complexity index is 243. The van der Waals surface area contributed by atoms with Crippen molar-refractivity contribution in [2.75, 3.05) is 13.2 Å². The quantitative estimate of drug-likeness (QED) is 0.205. The second kappa shape index (κ2) is 15.4. The molecule has 1 atom stereocenters. The summed E-state index contributed by atoms with van der Waals surface area (Å²) in [4.78, 5) is 29.7. The van der Waals surface area contributed by atoms with Crippen molar-refractivity contribution < 1.29 is 34.1 Å². The van der Waals surface area contributed by atoms with Crippen LogP contribution in [0.15, 0.2) is 0 Å². The molecule has 0 aromatic carbocycles. The van der Waals surface area contributed by atoms with Crippen molar-refractivity contribution in [1.29, 1.82) is 0 Å². The molecule has 0 radical (unpaired) electrons. The molecule has 0 aliphatic heterocycles. The smallest absolute Gasteiger partial charge is 0.305 e. The number of aliphatic hydroxyl groups excluding tert-OH is 1. The molecule has 8 heteroatoms. The van der Waals surface area contributed by atoms with Crippen molar-refractivity contribution in [3.63, 3.8) is 0 Å². The van der Waals surface area contributed by atoms with Crippen LogP contribution >= 0.6 is 0 Å². The summed E-state index contributed by atoms with van der Waals surface area (Å²) in [5.41, 5.74) is 0. The topological polar surface area (TPSA) is 110 Å². The van der Waals surface area contributed by atoms with Gasteiger partial charge in [0, 0.05) is 13.3 Å². The van der Waals surface area contributed by atoms with Crippen LogP contribution in [0.4, 0.5) is 0 Å². The molecule has 0 spiro atoms. The number of rotatable bonds is 7. The van der Waals surface area contributed by atoms with Gasteiger partial charge in [-0.1, -0.05) is 6.10 Å². The molecule has 7 nitrogen and oxygen atoms in total. The molecule has 0 aliphatic carbocycles. The van der Waals surface area contributed by atoms with Gasteiger partial charge in [-0.25, -0.2) is 0 Å². The van der Waals surface area contributed by atoms with Gasteiger partial charge < -0.3 is 26.6 Å². The van der Waals surface area contributed by atoms with E-state index in [1.807, 2.05) is 0 Å². The van der Waals surface area contributed by atoms with E-state index in [9.17, 15) is 9.59 Å². The van der Waals surface area contributed by atoms with Gasteiger partial charge in [0.25, 0.3) is 6.47 Å². The number of esters is 2. The Labute approximate surface area is 106 Å². The van der Waals surface area contributed by atoms with Crippen LogP contribution in [0.5, 0.6) is 0 Å². The van der Waals surface area contributed by atoms with E-state index in [0.717, 1.165) is 0 Å². The number of carbonyl (C=O) groups is 3. The van der Waals surface area contributed by atoms with Gasteiger partial charge in [0.2, 0.25) is 0 Å². The number of hydrogen-bond acceptors (Lipinski definition) is 6. The second-order valence-corrected chi connectivity index (χ2v) is 3.21. The number of carboxylic acid groups (broad SMARTS) is 1. The van der Waals surface area contributed by atoms with Gasteiger partial charge in [-0.15, -0.1) is 0 Å². The molecule has 1 unspecified atom stereocenters. The van der Waals surface area contributed by atoms with Gasteiger partial charge in [-0.3, -0.25) is 14.4 Å². The molecule has 0 rings (SSSR count). The van der Waals surface area contributed by atoms with E-state index in [1.165, 1.54) is 6.92 Å². The molecule has 0 saturated heterocycles. The molecule has 19 heavy (non-hydrogen) atoms. The molecule has 0 heterocycles. The van der Waals surface area contributed by atoms with E-state index < -0.39 is 6.10 Å². The largest absolute Gasteiger partial charge is 0.483 e. The average Bonchev–Trinajstić information content (AvgIpc) is 2.25. The predicted molar refractivity (Wildman–Crippen MR) is 61.5 cm³/mol. The van der Waals surface area contributed by atoms with Crippen LogP contribution in [0.3, 0.4) is 0 Å². The molecule has 0 bridgehead atoms. The first kappa shape index (κ1) is 21.6. The Morgan fingerprint density at radius 3 is 2.26 bits per heavy atom. The monoisotopic (exact) mass is 541 g/mol. The summed E-state index contributed by atoms with van der Waals surface area (Å²) in [6.45, 7) is 4.79. The normalized spacial score (nSPS) is 10.1. The summed E-state index contributed by atoms with van der Waals surface area (Å²) in [7, 11) is 0. The van der Waals surface area contributed by atoms with Crippen molar-refractivity contribution in [3.8, 4) is 0 Å². The van der Waals surface area contributed by atoms with Crippen molar-refractivity contribution in [2.24, 2.45) is 0 Å². The van der Waals surface area contributed by atoms with E-state index in [-0.39, 0.29) is 38.0 Å². The molecule has 0 amide bonds. The van der Waals surface area contributed by atoms with Crippen LogP contribution < -0.4 is 0 Å². The van der Waals surface area contributed by atoms with Gasteiger partial charge in [0.15, 0.2) is 0 Å². The first-order valence-electron chi connectivity index (χ1n) is 5.32. The summed E-state index contributed by atoms with van der Waals surface area (Å²) in [6.07, 6.45) is 0.278. The van der Waals surface area contributed by atoms with Crippen molar-refractivity contribution in [2.45, 2.75) is 32.3 Å². The Morgan fingerprint density at radius 1 is 1.32 bits per heavy atom. The first-order valence-corrected chi connectivity index (χ1v) is 5.32. The van der Waals surface area contributed by atoms with Gasteiger partial charge in [0.1, 0.15) is 0 Å². The van der Waals surface area contributed by atoms with E-state index in [2.05, 4.69) is 11.7 Å². The van der Waals surface area contributed by atoms with E-state index in [0.29, 0.717) is 12.8 Å². The first-order chi connectivity index (χ1) is 8.43. The molecule has 0 aliphatic rings. The van der Waals surface area contributed by atoms with E-state index in [4.69, 9.17) is 19.7 Å². The maximum absolute atomic E-state index is 11.0. The summed E-state index contributed by atoms with van der Waals surface area (Å²) in [5, 5.41) is 15.7. The molecule has 0 aromatic rings. The summed E-state index contributed by atoms with van der Waals surface area (Å²) < 4.78 is 9.42. The number of hydrogen-bond donors (Lipinski definition) is 2. The number of aliphatic hydroxyl groups is 1. The Kier molecular flexibility index (Phi) is 17.5. The van der Waals surface area contributed by atoms with Gasteiger partial charge in [0.05, 0.1) is 13.2 Å². The second-order valence-electron chi connectivity index (χ2n) is 3.21. The maximum Gasteiger partial charge on any atom is 0.305 e. The number of ether oxygens (including phenoxy) is 2. The minimum absolute atomic E-state index is 0. The minimum atomic E-state index is -0.709. The van der Waals surface area contributed by atoms with E-state index in [1.54, 1.807) is 0 Å². The van der Waals surface area contributed by atoms with E-state index >= 15 is 0 Å². The van der Waals surface area contributed by atoms with Crippen molar-refractivity contribution in [1.82, 2.24) is 0 Å². The zero-order valence-corrected chi connectivity index (χ0v) is 17.6. The third-order valence-electron chi connectivity index (χ3n) is 1.54. The summed E-state index contributed by atoms with van der Waals surface area (Å²) in [5.74, 6) is -0.716. The van der Waals surface area contributed by atoms with Gasteiger partial charge >= 0.3 is 11.9 Å². The van der Waals surface area contributed by atoms with Crippen molar-refractivity contribution >= 4 is 18.4 Å². The van der Waals surface area contributed by atoms with Crippen LogP contribution in [0.25, 0.3) is 0 Å². The SMILES string of the molecule is O=CO.[CH2-]C(O)CCOC(=O)CCCOC(C)=O.[Mt]. The summed E-state index contributed by atoms with van der Waals surface area (Å²) in [6, 6.07) is 0. The van der Waals surface area contributed by atoms with Crippen LogP contribution in [-0.2, 0) is 23.9 Å². The Hall–Kier alpha value is -2.63. The molecule has 0 fully saturated rings. The molecule has 2 N–H and O–H groups in total. The predicted octanol–water partition coefficient (Wildman–Crippen LogP) is 0.159. The van der Waals surface area contributed by atoms with Crippen LogP contribution in [0.2, 0.25) is 0 Å². The molecule has 108 valence electrons. The molecule has 0 saturated carbocycles. The minimum Gasteiger partial charge on any atom is -0.483 e. The van der Waals surface area contributed by atoms with Crippen LogP contribution in [-0.4, -0.2) is 47.9 Å². The number of carbonyl (C=O) groups excluding carboxylic acids is 2. The maximum atomic E-state index is 11.0. The summed E-state index contributed by atoms with van der Waals surface area (Å²) >= 11 is 0. The molecular formula is C11H19MtO7-. The third kappa shape index (κ3) is 25.5. The third-order valence-corrected chi connectivity index (χ3v) is 1.54. The van der Waals surface area contributed by atoms with Crippen LogP contribution in [0, 0.1) is 6.92 Å². The van der Waals surface area contributed by atoms with Crippen molar-refractivity contribution in [3.05, 3.63) is 6.92 Å². The van der Waals surface area contributed by atoms with Crippen LogP contribution in [0.1, 0.15) is 26.2 Å². The fourth-order valence-corrected chi connectivity index (χ4v) is 0.813. The average molecular weight is 541 g/mol. The molecule has 0 aromatic heterocycles. The zero-order valence-electron chi connectivity index (χ0n) is 11.0. The molecular weight excluding hydrogens is 522 g/mol. The zero-order chi connectivity index (χ0) is 14.4.